The van der Waals surface area contributed by atoms with Crippen LogP contribution in [0.15, 0.2) is 63.7 Å². The van der Waals surface area contributed by atoms with Gasteiger partial charge in [-0.1, -0.05) is 24.3 Å². The van der Waals surface area contributed by atoms with E-state index in [9.17, 15) is 26.4 Å². The molecule has 0 radical (unpaired) electrons. The lowest BCUT2D eigenvalue weighted by molar-refractivity contribution is -0.166. The standard InChI is InChI=1S/C16H13F3N4O3S/c17-16(18,19)15(22-23-15)12-5-3-11(4-6-12)14(24)21-9-10-1-7-13(8-2-10)27(20,25)26/h1-8H,9H2,(H,21,24)(H2,20,25,26). The van der Waals surface area contributed by atoms with Crippen molar-refractivity contribution in [3.8, 4) is 0 Å². The molecule has 1 amide bonds. The molecule has 11 heteroatoms. The fraction of sp³-hybridized carbons (Fsp3) is 0.188. The average Bonchev–Trinajstić information content (AvgIpc) is 3.41. The summed E-state index contributed by atoms with van der Waals surface area (Å²) in [6, 6.07) is 10.4. The van der Waals surface area contributed by atoms with Crippen LogP contribution in [0.5, 0.6) is 0 Å². The molecule has 0 unspecified atom stereocenters. The lowest BCUT2D eigenvalue weighted by atomic mass is 10.0. The van der Waals surface area contributed by atoms with Crippen molar-refractivity contribution in [1.29, 1.82) is 0 Å². The smallest absolute Gasteiger partial charge is 0.348 e. The maximum atomic E-state index is 12.9. The molecule has 0 fully saturated rings. The third-order valence-corrected chi connectivity index (χ3v) is 4.88. The van der Waals surface area contributed by atoms with E-state index in [4.69, 9.17) is 5.14 Å². The molecule has 1 aliphatic rings. The van der Waals surface area contributed by atoms with E-state index in [2.05, 4.69) is 15.5 Å². The van der Waals surface area contributed by atoms with Gasteiger partial charge in [0.15, 0.2) is 0 Å². The van der Waals surface area contributed by atoms with Gasteiger partial charge < -0.3 is 5.32 Å². The molecule has 0 aliphatic carbocycles. The Bertz CT molecular complexity index is 995. The van der Waals surface area contributed by atoms with Crippen molar-refractivity contribution in [2.24, 2.45) is 15.4 Å². The second-order valence-electron chi connectivity index (χ2n) is 5.82. The number of benzene rings is 2. The Kier molecular flexibility index (Phi) is 4.52. The third kappa shape index (κ3) is 3.83. The molecular weight excluding hydrogens is 385 g/mol. The fourth-order valence-electron chi connectivity index (χ4n) is 2.38. The molecule has 2 aromatic rings. The van der Waals surface area contributed by atoms with Crippen LogP contribution in [-0.4, -0.2) is 20.5 Å². The zero-order chi connectivity index (χ0) is 19.9. The van der Waals surface area contributed by atoms with E-state index in [-0.39, 0.29) is 22.6 Å². The second kappa shape index (κ2) is 6.43. The number of primary sulfonamides is 1. The Morgan fingerprint density at radius 1 is 1.04 bits per heavy atom. The van der Waals surface area contributed by atoms with Crippen molar-refractivity contribution in [2.75, 3.05) is 0 Å². The summed E-state index contributed by atoms with van der Waals surface area (Å²) < 4.78 is 61.2. The number of hydrogen-bond acceptors (Lipinski definition) is 5. The topological polar surface area (TPSA) is 114 Å². The van der Waals surface area contributed by atoms with Crippen LogP contribution in [0.3, 0.4) is 0 Å². The minimum Gasteiger partial charge on any atom is -0.348 e. The third-order valence-electron chi connectivity index (χ3n) is 3.95. The molecule has 0 aromatic heterocycles. The zero-order valence-corrected chi connectivity index (χ0v) is 14.4. The van der Waals surface area contributed by atoms with Gasteiger partial charge in [-0.05, 0) is 29.8 Å². The highest BCUT2D eigenvalue weighted by molar-refractivity contribution is 7.89. The van der Waals surface area contributed by atoms with E-state index < -0.39 is 27.8 Å². The van der Waals surface area contributed by atoms with Gasteiger partial charge in [0.2, 0.25) is 10.0 Å². The summed E-state index contributed by atoms with van der Waals surface area (Å²) >= 11 is 0. The highest BCUT2D eigenvalue weighted by Gasteiger charge is 2.65. The Morgan fingerprint density at radius 2 is 1.59 bits per heavy atom. The molecule has 7 nitrogen and oxygen atoms in total. The molecule has 3 N–H and O–H groups in total. The van der Waals surface area contributed by atoms with Gasteiger partial charge in [0.25, 0.3) is 5.91 Å². The normalized spacial score (nSPS) is 15.4. The average molecular weight is 398 g/mol. The van der Waals surface area contributed by atoms with Crippen LogP contribution < -0.4 is 10.5 Å². The summed E-state index contributed by atoms with van der Waals surface area (Å²) in [7, 11) is -3.80. The van der Waals surface area contributed by atoms with Crippen LogP contribution in [0.25, 0.3) is 0 Å². The van der Waals surface area contributed by atoms with Crippen molar-refractivity contribution in [1.82, 2.24) is 5.32 Å². The van der Waals surface area contributed by atoms with E-state index in [0.717, 1.165) is 12.1 Å². The van der Waals surface area contributed by atoms with Crippen molar-refractivity contribution in [3.05, 3.63) is 65.2 Å². The Labute approximate surface area is 152 Å². The number of carbonyl (C=O) groups is 1. The number of rotatable bonds is 5. The van der Waals surface area contributed by atoms with Gasteiger partial charge in [-0.25, -0.2) is 13.6 Å². The van der Waals surface area contributed by atoms with Crippen LogP contribution in [-0.2, 0) is 22.2 Å². The maximum Gasteiger partial charge on any atom is 0.442 e. The molecule has 0 saturated heterocycles. The van der Waals surface area contributed by atoms with Crippen LogP contribution in [0.2, 0.25) is 0 Å². The molecule has 0 bridgehead atoms. The minimum atomic E-state index is -4.63. The first-order valence-corrected chi connectivity index (χ1v) is 9.09. The number of amides is 1. The van der Waals surface area contributed by atoms with Crippen LogP contribution in [0, 0.1) is 0 Å². The summed E-state index contributed by atoms with van der Waals surface area (Å²) in [4.78, 5) is 12.1. The predicted octanol–water partition coefficient (Wildman–Crippen LogP) is 2.44. The van der Waals surface area contributed by atoms with Crippen LogP contribution >= 0.6 is 0 Å². The molecule has 27 heavy (non-hydrogen) atoms. The lowest BCUT2D eigenvalue weighted by Crippen LogP contribution is -2.30. The molecule has 0 spiro atoms. The van der Waals surface area contributed by atoms with E-state index in [1.807, 2.05) is 0 Å². The van der Waals surface area contributed by atoms with Crippen molar-refractivity contribution in [3.63, 3.8) is 0 Å². The molecule has 3 rings (SSSR count). The van der Waals surface area contributed by atoms with Gasteiger partial charge in [0, 0.05) is 17.7 Å². The number of halogens is 3. The largest absolute Gasteiger partial charge is 0.442 e. The molecule has 0 atom stereocenters. The first kappa shape index (κ1) is 19.0. The van der Waals surface area contributed by atoms with E-state index in [1.165, 1.54) is 36.4 Å². The maximum absolute atomic E-state index is 12.9. The highest BCUT2D eigenvalue weighted by atomic mass is 32.2. The Balaban J connectivity index is 1.64. The predicted molar refractivity (Wildman–Crippen MR) is 88.0 cm³/mol. The lowest BCUT2D eigenvalue weighted by Gasteiger charge is -2.15. The number of nitrogens with zero attached hydrogens (tertiary/aromatic N) is 2. The summed E-state index contributed by atoms with van der Waals surface area (Å²) in [5.74, 6) is -0.497. The monoisotopic (exact) mass is 398 g/mol. The first-order valence-electron chi connectivity index (χ1n) is 7.54. The Hall–Kier alpha value is -2.79. The van der Waals surface area contributed by atoms with E-state index in [0.29, 0.717) is 5.56 Å². The second-order valence-corrected chi connectivity index (χ2v) is 7.38. The summed E-state index contributed by atoms with van der Waals surface area (Å²) in [5.41, 5.74) is -1.89. The van der Waals surface area contributed by atoms with E-state index in [1.54, 1.807) is 0 Å². The molecule has 142 valence electrons. The zero-order valence-electron chi connectivity index (χ0n) is 13.6. The number of nitrogens with two attached hydrogens (primary N) is 1. The minimum absolute atomic E-state index is 0.0531. The van der Waals surface area contributed by atoms with Crippen molar-refractivity contribution >= 4 is 15.9 Å². The summed E-state index contributed by atoms with van der Waals surface area (Å²) in [6.07, 6.45) is -4.63. The first-order chi connectivity index (χ1) is 12.5. The van der Waals surface area contributed by atoms with Gasteiger partial charge in [0.05, 0.1) is 4.90 Å². The van der Waals surface area contributed by atoms with Crippen LogP contribution in [0.4, 0.5) is 13.2 Å². The SMILES string of the molecule is NS(=O)(=O)c1ccc(CNC(=O)c2ccc(C3(C(F)(F)F)N=N3)cc2)cc1. The molecule has 0 saturated carbocycles. The van der Waals surface area contributed by atoms with Crippen LogP contribution in [0.1, 0.15) is 21.5 Å². The number of carbonyl (C=O) groups excluding carboxylic acids is 1. The fourth-order valence-corrected chi connectivity index (χ4v) is 2.89. The molecule has 1 aliphatic heterocycles. The van der Waals surface area contributed by atoms with Gasteiger partial charge in [-0.2, -0.15) is 13.2 Å². The van der Waals surface area contributed by atoms with Gasteiger partial charge in [-0.15, -0.1) is 10.2 Å². The van der Waals surface area contributed by atoms with Crippen molar-refractivity contribution in [2.45, 2.75) is 23.3 Å². The number of nitrogens with one attached hydrogen (secondary N) is 1. The van der Waals surface area contributed by atoms with Crippen molar-refractivity contribution < 1.29 is 26.4 Å². The molecule has 2 aromatic carbocycles. The highest BCUT2D eigenvalue weighted by Crippen LogP contribution is 2.52. The number of hydrogen-bond donors (Lipinski definition) is 2. The molecule has 1 heterocycles. The summed E-state index contributed by atoms with van der Waals surface area (Å²) in [6.45, 7) is 0.0998. The van der Waals surface area contributed by atoms with E-state index >= 15 is 0 Å². The van der Waals surface area contributed by atoms with Gasteiger partial charge in [0.1, 0.15) is 0 Å². The molecular formula is C16H13F3N4O3S. The van der Waals surface area contributed by atoms with Gasteiger partial charge in [-0.3, -0.25) is 4.79 Å². The quantitative estimate of drug-likeness (QED) is 0.806. The Morgan fingerprint density at radius 3 is 2.04 bits per heavy atom. The number of sulfonamides is 1. The number of alkyl halides is 3. The van der Waals surface area contributed by atoms with Gasteiger partial charge >= 0.3 is 11.8 Å². The summed E-state index contributed by atoms with van der Waals surface area (Å²) in [5, 5.41) is 13.8.